The summed E-state index contributed by atoms with van der Waals surface area (Å²) in [6.07, 6.45) is 0.680. The molecule has 0 radical (unpaired) electrons. The number of carbonyl (C=O) groups excluding carboxylic acids is 1. The lowest BCUT2D eigenvalue weighted by Gasteiger charge is -2.16. The molecule has 0 bridgehead atoms. The van der Waals surface area contributed by atoms with Crippen molar-refractivity contribution >= 4 is 17.2 Å². The largest absolute Gasteiger partial charge is 0.490 e. The Kier molecular flexibility index (Phi) is 7.69. The van der Waals surface area contributed by atoms with Crippen LogP contribution >= 0.6 is 11.3 Å². The first-order valence-electron chi connectivity index (χ1n) is 10.8. The van der Waals surface area contributed by atoms with E-state index in [2.05, 4.69) is 36.3 Å². The van der Waals surface area contributed by atoms with Gasteiger partial charge in [0.1, 0.15) is 12.4 Å². The highest BCUT2D eigenvalue weighted by Crippen LogP contribution is 2.34. The van der Waals surface area contributed by atoms with Gasteiger partial charge in [-0.15, -0.1) is 11.3 Å². The Balaban J connectivity index is 1.75. The van der Waals surface area contributed by atoms with Gasteiger partial charge < -0.3 is 20.1 Å². The van der Waals surface area contributed by atoms with Crippen LogP contribution in [-0.2, 0) is 11.2 Å². The Morgan fingerprint density at radius 2 is 1.94 bits per heavy atom. The lowest BCUT2D eigenvalue weighted by molar-refractivity contribution is -0.118. The van der Waals surface area contributed by atoms with Crippen LogP contribution in [0.1, 0.15) is 48.9 Å². The summed E-state index contributed by atoms with van der Waals surface area (Å²) in [6.45, 7) is 10.5. The van der Waals surface area contributed by atoms with Crippen molar-refractivity contribution < 1.29 is 19.2 Å². The van der Waals surface area contributed by atoms with E-state index in [4.69, 9.17) is 15.0 Å². The van der Waals surface area contributed by atoms with Crippen LogP contribution in [0.25, 0.3) is 22.2 Å². The van der Waals surface area contributed by atoms with Crippen LogP contribution in [0.3, 0.4) is 0 Å². The predicted octanol–water partition coefficient (Wildman–Crippen LogP) is 4.59. The molecule has 0 spiro atoms. The number of amides is 1. The zero-order valence-corrected chi connectivity index (χ0v) is 20.1. The molecule has 1 atom stereocenters. The van der Waals surface area contributed by atoms with Crippen molar-refractivity contribution in [3.63, 3.8) is 0 Å². The summed E-state index contributed by atoms with van der Waals surface area (Å²) in [4.78, 5) is 16.5. The standard InChI is InChI=1S/C24H31N3O4S/c1-13(2)8-18-12-32-22(16(18)5)23-26-24(31-27-23)17-9-14(3)21(15(4)10-17)30-11-19(28)6-7-20(25)29/h9-10,12-13,19,28H,6-8,11H2,1-5H3,(H2,25,29)/t19-/m1/s1. The fraction of sp³-hybridized carbons (Fsp3) is 0.458. The van der Waals surface area contributed by atoms with Crippen molar-refractivity contribution in [3.05, 3.63) is 39.8 Å². The lowest BCUT2D eigenvalue weighted by Crippen LogP contribution is -2.21. The van der Waals surface area contributed by atoms with Gasteiger partial charge in [0.2, 0.25) is 11.7 Å². The summed E-state index contributed by atoms with van der Waals surface area (Å²) in [5, 5.41) is 16.4. The smallest absolute Gasteiger partial charge is 0.258 e. The third-order valence-corrected chi connectivity index (χ3v) is 6.38. The molecule has 0 aliphatic rings. The highest BCUT2D eigenvalue weighted by molar-refractivity contribution is 7.13. The van der Waals surface area contributed by atoms with Crippen LogP contribution in [-0.4, -0.2) is 33.9 Å². The number of thiophene rings is 1. The number of aliphatic hydroxyl groups excluding tert-OH is 1. The minimum Gasteiger partial charge on any atom is -0.490 e. The van der Waals surface area contributed by atoms with Crippen LogP contribution in [0, 0.1) is 26.7 Å². The molecule has 7 nitrogen and oxygen atoms in total. The van der Waals surface area contributed by atoms with Gasteiger partial charge in [-0.1, -0.05) is 19.0 Å². The van der Waals surface area contributed by atoms with E-state index in [0.717, 1.165) is 28.0 Å². The average molecular weight is 458 g/mol. The van der Waals surface area contributed by atoms with Crippen LogP contribution in [0.15, 0.2) is 22.0 Å². The maximum atomic E-state index is 10.9. The molecule has 0 unspecified atom stereocenters. The maximum Gasteiger partial charge on any atom is 0.258 e. The van der Waals surface area contributed by atoms with Gasteiger partial charge in [0.15, 0.2) is 0 Å². The Labute approximate surface area is 192 Å². The molecule has 172 valence electrons. The number of benzene rings is 1. The van der Waals surface area contributed by atoms with Crippen LogP contribution in [0.4, 0.5) is 0 Å². The zero-order chi connectivity index (χ0) is 23.4. The van der Waals surface area contributed by atoms with Gasteiger partial charge in [-0.3, -0.25) is 4.79 Å². The molecule has 1 amide bonds. The maximum absolute atomic E-state index is 10.9. The Morgan fingerprint density at radius 3 is 2.56 bits per heavy atom. The number of aryl methyl sites for hydroxylation is 2. The van der Waals surface area contributed by atoms with E-state index in [-0.39, 0.29) is 19.4 Å². The molecule has 0 fully saturated rings. The summed E-state index contributed by atoms with van der Waals surface area (Å²) in [5.74, 6) is 1.91. The first-order chi connectivity index (χ1) is 15.2. The normalized spacial score (nSPS) is 12.3. The van der Waals surface area contributed by atoms with Crippen LogP contribution in [0.2, 0.25) is 0 Å². The molecular formula is C24H31N3O4S. The number of rotatable bonds is 10. The van der Waals surface area contributed by atoms with E-state index in [1.165, 1.54) is 11.1 Å². The number of primary amides is 1. The van der Waals surface area contributed by atoms with E-state index in [1.54, 1.807) is 11.3 Å². The SMILES string of the molecule is Cc1cc(-c2nc(-c3scc(CC(C)C)c3C)no2)cc(C)c1OC[C@H](O)CCC(N)=O. The minimum atomic E-state index is -0.755. The van der Waals surface area contributed by atoms with Gasteiger partial charge in [0.05, 0.1) is 11.0 Å². The first kappa shape index (κ1) is 23.9. The second-order valence-corrected chi connectivity index (χ2v) is 9.52. The molecule has 3 N–H and O–H groups in total. The minimum absolute atomic E-state index is 0.0926. The van der Waals surface area contributed by atoms with Gasteiger partial charge in [-0.05, 0) is 79.3 Å². The average Bonchev–Trinajstić information content (AvgIpc) is 3.32. The highest BCUT2D eigenvalue weighted by atomic mass is 32.1. The van der Waals surface area contributed by atoms with Crippen molar-refractivity contribution in [1.29, 1.82) is 0 Å². The number of ether oxygens (including phenoxy) is 1. The van der Waals surface area contributed by atoms with E-state index < -0.39 is 12.0 Å². The van der Waals surface area contributed by atoms with Gasteiger partial charge in [0.25, 0.3) is 5.89 Å². The van der Waals surface area contributed by atoms with Gasteiger partial charge in [-0.2, -0.15) is 4.98 Å². The predicted molar refractivity (Wildman–Crippen MR) is 126 cm³/mol. The molecule has 0 saturated heterocycles. The molecule has 0 aliphatic heterocycles. The number of hydrogen-bond donors (Lipinski definition) is 2. The number of hydrogen-bond acceptors (Lipinski definition) is 7. The highest BCUT2D eigenvalue weighted by Gasteiger charge is 2.18. The van der Waals surface area contributed by atoms with E-state index >= 15 is 0 Å². The monoisotopic (exact) mass is 457 g/mol. The Bertz CT molecular complexity index is 1060. The van der Waals surface area contributed by atoms with Crippen molar-refractivity contribution in [2.45, 2.75) is 60.0 Å². The molecule has 0 aliphatic carbocycles. The topological polar surface area (TPSA) is 111 Å². The molecule has 8 heteroatoms. The number of nitrogens with zero attached hydrogens (tertiary/aromatic N) is 2. The van der Waals surface area contributed by atoms with Crippen molar-refractivity contribution in [1.82, 2.24) is 10.1 Å². The summed E-state index contributed by atoms with van der Waals surface area (Å²) in [7, 11) is 0. The van der Waals surface area contributed by atoms with Crippen molar-refractivity contribution in [3.8, 4) is 27.9 Å². The molecule has 0 saturated carbocycles. The van der Waals surface area contributed by atoms with Gasteiger partial charge >= 0.3 is 0 Å². The summed E-state index contributed by atoms with van der Waals surface area (Å²) < 4.78 is 11.4. The molecule has 2 aromatic heterocycles. The Hall–Kier alpha value is -2.71. The van der Waals surface area contributed by atoms with Crippen LogP contribution < -0.4 is 10.5 Å². The van der Waals surface area contributed by atoms with Gasteiger partial charge in [0, 0.05) is 12.0 Å². The number of aromatic nitrogens is 2. The fourth-order valence-corrected chi connectivity index (χ4v) is 4.65. The summed E-state index contributed by atoms with van der Waals surface area (Å²) in [5.41, 5.74) is 10.3. The fourth-order valence-electron chi connectivity index (χ4n) is 3.62. The van der Waals surface area contributed by atoms with Crippen LogP contribution in [0.5, 0.6) is 5.75 Å². The van der Waals surface area contributed by atoms with Gasteiger partial charge in [-0.25, -0.2) is 0 Å². The van der Waals surface area contributed by atoms with E-state index in [9.17, 15) is 9.90 Å². The molecule has 2 heterocycles. The zero-order valence-electron chi connectivity index (χ0n) is 19.3. The molecule has 3 aromatic rings. The number of nitrogens with two attached hydrogens (primary N) is 1. The summed E-state index contributed by atoms with van der Waals surface area (Å²) >= 11 is 1.65. The molecule has 1 aromatic carbocycles. The first-order valence-corrected chi connectivity index (χ1v) is 11.7. The third kappa shape index (κ3) is 5.75. The third-order valence-electron chi connectivity index (χ3n) is 5.25. The molecule has 32 heavy (non-hydrogen) atoms. The molecule has 3 rings (SSSR count). The number of aliphatic hydroxyl groups is 1. The van der Waals surface area contributed by atoms with Crippen molar-refractivity contribution in [2.24, 2.45) is 11.7 Å². The number of carbonyl (C=O) groups is 1. The van der Waals surface area contributed by atoms with E-state index in [0.29, 0.717) is 23.4 Å². The second kappa shape index (κ2) is 10.3. The lowest BCUT2D eigenvalue weighted by atomic mass is 10.0. The Morgan fingerprint density at radius 1 is 1.25 bits per heavy atom. The summed E-state index contributed by atoms with van der Waals surface area (Å²) in [6, 6.07) is 3.86. The molecular weight excluding hydrogens is 426 g/mol. The van der Waals surface area contributed by atoms with Crippen molar-refractivity contribution in [2.75, 3.05) is 6.61 Å². The quantitative estimate of drug-likeness (QED) is 0.460. The second-order valence-electron chi connectivity index (χ2n) is 8.65. The van der Waals surface area contributed by atoms with E-state index in [1.807, 2.05) is 26.0 Å².